The number of hydrogen-bond donors (Lipinski definition) is 0. The van der Waals surface area contributed by atoms with E-state index in [1.165, 1.54) is 11.3 Å². The summed E-state index contributed by atoms with van der Waals surface area (Å²) in [6.45, 7) is 5.54. The van der Waals surface area contributed by atoms with E-state index < -0.39 is 0 Å². The SMILES string of the molecule is CC(C)C1=CSC2=Nc3ccccc3CCN12. The third kappa shape index (κ3) is 1.89. The summed E-state index contributed by atoms with van der Waals surface area (Å²) in [6, 6.07) is 8.46. The highest BCUT2D eigenvalue weighted by atomic mass is 32.2. The molecule has 3 heteroatoms. The van der Waals surface area contributed by atoms with Gasteiger partial charge in [-0.25, -0.2) is 4.99 Å². The van der Waals surface area contributed by atoms with Gasteiger partial charge in [0.25, 0.3) is 0 Å². The number of fused-ring (bicyclic) bond motifs is 2. The number of nitrogens with zero attached hydrogens (tertiary/aromatic N) is 2. The molecule has 2 heterocycles. The van der Waals surface area contributed by atoms with Gasteiger partial charge in [0.2, 0.25) is 0 Å². The van der Waals surface area contributed by atoms with Crippen molar-refractivity contribution in [2.75, 3.05) is 6.54 Å². The Kier molecular flexibility index (Phi) is 2.71. The number of allylic oxidation sites excluding steroid dienone is 1. The molecular weight excluding hydrogens is 228 g/mol. The van der Waals surface area contributed by atoms with E-state index >= 15 is 0 Å². The van der Waals surface area contributed by atoms with Gasteiger partial charge in [0.15, 0.2) is 5.17 Å². The van der Waals surface area contributed by atoms with Gasteiger partial charge in [-0.05, 0) is 29.4 Å². The fourth-order valence-electron chi connectivity index (χ4n) is 2.28. The van der Waals surface area contributed by atoms with Gasteiger partial charge >= 0.3 is 0 Å². The average molecular weight is 244 g/mol. The van der Waals surface area contributed by atoms with E-state index in [1.807, 2.05) is 0 Å². The van der Waals surface area contributed by atoms with Crippen LogP contribution in [0, 0.1) is 5.92 Å². The van der Waals surface area contributed by atoms with Crippen LogP contribution in [0.3, 0.4) is 0 Å². The molecule has 0 saturated carbocycles. The molecule has 2 aliphatic heterocycles. The maximum atomic E-state index is 4.79. The predicted octanol–water partition coefficient (Wildman–Crippen LogP) is 3.78. The van der Waals surface area contributed by atoms with E-state index in [-0.39, 0.29) is 0 Å². The van der Waals surface area contributed by atoms with Gasteiger partial charge in [-0.2, -0.15) is 0 Å². The fraction of sp³-hybridized carbons (Fsp3) is 0.357. The van der Waals surface area contributed by atoms with Gasteiger partial charge in [0.1, 0.15) is 0 Å². The van der Waals surface area contributed by atoms with Crippen LogP contribution in [-0.4, -0.2) is 16.6 Å². The number of aliphatic imine (C=N–C) groups is 1. The van der Waals surface area contributed by atoms with E-state index in [9.17, 15) is 0 Å². The fourth-order valence-corrected chi connectivity index (χ4v) is 3.38. The molecule has 0 bridgehead atoms. The molecule has 0 saturated heterocycles. The molecule has 0 N–H and O–H groups in total. The second-order valence-electron chi connectivity index (χ2n) is 4.74. The quantitative estimate of drug-likeness (QED) is 0.747. The van der Waals surface area contributed by atoms with Crippen molar-refractivity contribution in [3.8, 4) is 0 Å². The molecule has 2 aliphatic rings. The first-order chi connectivity index (χ1) is 8.25. The summed E-state index contributed by atoms with van der Waals surface area (Å²) in [5.74, 6) is 0.566. The summed E-state index contributed by atoms with van der Waals surface area (Å²) in [5.41, 5.74) is 3.90. The van der Waals surface area contributed by atoms with Gasteiger partial charge in [-0.1, -0.05) is 43.8 Å². The zero-order valence-corrected chi connectivity index (χ0v) is 11.0. The minimum Gasteiger partial charge on any atom is -0.323 e. The van der Waals surface area contributed by atoms with Crippen molar-refractivity contribution < 1.29 is 0 Å². The summed E-state index contributed by atoms with van der Waals surface area (Å²) in [4.78, 5) is 7.16. The van der Waals surface area contributed by atoms with Crippen LogP contribution < -0.4 is 0 Å². The van der Waals surface area contributed by atoms with E-state index in [4.69, 9.17) is 4.99 Å². The van der Waals surface area contributed by atoms with Crippen molar-refractivity contribution >= 4 is 22.6 Å². The number of amidine groups is 1. The van der Waals surface area contributed by atoms with Crippen molar-refractivity contribution in [1.82, 2.24) is 4.90 Å². The molecule has 0 aromatic heterocycles. The van der Waals surface area contributed by atoms with Crippen LogP contribution in [0.5, 0.6) is 0 Å². The molecule has 0 amide bonds. The Labute approximate surface area is 106 Å². The predicted molar refractivity (Wildman–Crippen MR) is 74.5 cm³/mol. The van der Waals surface area contributed by atoms with Crippen LogP contribution in [0.4, 0.5) is 5.69 Å². The van der Waals surface area contributed by atoms with Crippen molar-refractivity contribution in [2.45, 2.75) is 20.3 Å². The second-order valence-corrected chi connectivity index (χ2v) is 5.58. The highest BCUT2D eigenvalue weighted by Gasteiger charge is 2.26. The number of hydrogen-bond acceptors (Lipinski definition) is 3. The zero-order valence-electron chi connectivity index (χ0n) is 10.2. The van der Waals surface area contributed by atoms with Crippen molar-refractivity contribution in [2.24, 2.45) is 10.9 Å². The molecule has 0 radical (unpaired) electrons. The number of rotatable bonds is 1. The van der Waals surface area contributed by atoms with Crippen LogP contribution >= 0.6 is 11.8 Å². The molecular formula is C14H16N2S. The van der Waals surface area contributed by atoms with Crippen LogP contribution in [-0.2, 0) is 6.42 Å². The van der Waals surface area contributed by atoms with Gasteiger partial charge in [-0.15, -0.1) is 0 Å². The summed E-state index contributed by atoms with van der Waals surface area (Å²) in [6.07, 6.45) is 1.08. The molecule has 1 aromatic carbocycles. The van der Waals surface area contributed by atoms with Crippen LogP contribution in [0.2, 0.25) is 0 Å². The third-order valence-corrected chi connectivity index (χ3v) is 4.11. The Balaban J connectivity index is 1.98. The molecule has 88 valence electrons. The Morgan fingerprint density at radius 1 is 1.29 bits per heavy atom. The minimum atomic E-state index is 0.566. The lowest BCUT2D eigenvalue weighted by molar-refractivity contribution is 0.471. The van der Waals surface area contributed by atoms with E-state index in [0.29, 0.717) is 5.92 Å². The first-order valence-corrected chi connectivity index (χ1v) is 6.94. The molecule has 2 nitrogen and oxygen atoms in total. The van der Waals surface area contributed by atoms with Crippen molar-refractivity contribution in [3.63, 3.8) is 0 Å². The van der Waals surface area contributed by atoms with Gasteiger partial charge in [0, 0.05) is 12.2 Å². The van der Waals surface area contributed by atoms with E-state index in [1.54, 1.807) is 11.8 Å². The Morgan fingerprint density at radius 3 is 2.94 bits per heavy atom. The number of benzene rings is 1. The maximum absolute atomic E-state index is 4.79. The van der Waals surface area contributed by atoms with Gasteiger partial charge in [-0.3, -0.25) is 0 Å². The summed E-state index contributed by atoms with van der Waals surface area (Å²) >= 11 is 1.75. The molecule has 0 unspecified atom stereocenters. The number of thioether (sulfide) groups is 1. The number of para-hydroxylation sites is 1. The molecule has 0 fully saturated rings. The van der Waals surface area contributed by atoms with Crippen LogP contribution in [0.15, 0.2) is 40.4 Å². The van der Waals surface area contributed by atoms with E-state index in [0.717, 1.165) is 23.8 Å². The van der Waals surface area contributed by atoms with Crippen LogP contribution in [0.25, 0.3) is 0 Å². The van der Waals surface area contributed by atoms with Gasteiger partial charge in [0.05, 0.1) is 5.69 Å². The lowest BCUT2D eigenvalue weighted by atomic mass is 10.1. The largest absolute Gasteiger partial charge is 0.323 e. The van der Waals surface area contributed by atoms with Gasteiger partial charge < -0.3 is 4.90 Å². The zero-order chi connectivity index (χ0) is 11.8. The average Bonchev–Trinajstić information content (AvgIpc) is 2.63. The monoisotopic (exact) mass is 244 g/mol. The molecule has 1 aromatic rings. The summed E-state index contributed by atoms with van der Waals surface area (Å²) in [5, 5.41) is 3.39. The lowest BCUT2D eigenvalue weighted by Crippen LogP contribution is -2.27. The van der Waals surface area contributed by atoms with E-state index in [2.05, 4.69) is 48.4 Å². The topological polar surface area (TPSA) is 15.6 Å². The summed E-state index contributed by atoms with van der Waals surface area (Å²) in [7, 11) is 0. The Morgan fingerprint density at radius 2 is 2.12 bits per heavy atom. The highest BCUT2D eigenvalue weighted by Crippen LogP contribution is 2.35. The highest BCUT2D eigenvalue weighted by molar-refractivity contribution is 8.16. The first-order valence-electron chi connectivity index (χ1n) is 6.06. The molecule has 3 rings (SSSR count). The minimum absolute atomic E-state index is 0.566. The molecule has 0 spiro atoms. The third-order valence-electron chi connectivity index (χ3n) is 3.23. The summed E-state index contributed by atoms with van der Waals surface area (Å²) < 4.78 is 0. The van der Waals surface area contributed by atoms with Crippen molar-refractivity contribution in [3.05, 3.63) is 40.9 Å². The molecule has 0 aliphatic carbocycles. The Hall–Kier alpha value is -1.22. The van der Waals surface area contributed by atoms with Crippen molar-refractivity contribution in [1.29, 1.82) is 0 Å². The maximum Gasteiger partial charge on any atom is 0.173 e. The molecule has 17 heavy (non-hydrogen) atoms. The lowest BCUT2D eigenvalue weighted by Gasteiger charge is -2.22. The van der Waals surface area contributed by atoms with Crippen LogP contribution in [0.1, 0.15) is 19.4 Å². The normalized spacial score (nSPS) is 18.4. The first kappa shape index (κ1) is 10.9. The Bertz CT molecular complexity index is 503. The standard InChI is InChI=1S/C14H16N2S/c1-10(2)13-9-17-14-15-12-6-4-3-5-11(12)7-8-16(13)14/h3-6,9-10H,7-8H2,1-2H3. The smallest absolute Gasteiger partial charge is 0.173 e. The second kappa shape index (κ2) is 4.22. The molecule has 0 atom stereocenters.